The van der Waals surface area contributed by atoms with Gasteiger partial charge in [0.05, 0.1) is 6.61 Å². The molecule has 4 heteroatoms. The number of carbonyl (C=O) groups is 1. The largest absolute Gasteiger partial charge is 0.466 e. The van der Waals surface area contributed by atoms with E-state index in [0.717, 1.165) is 30.3 Å². The molecule has 3 nitrogen and oxygen atoms in total. The summed E-state index contributed by atoms with van der Waals surface area (Å²) >= 11 is 3.44. The van der Waals surface area contributed by atoms with E-state index in [2.05, 4.69) is 52.4 Å². The van der Waals surface area contributed by atoms with Gasteiger partial charge < -0.3 is 10.1 Å². The number of ether oxygens (including phenoxy) is 1. The summed E-state index contributed by atoms with van der Waals surface area (Å²) in [6.07, 6.45) is 3.59. The Bertz CT molecular complexity index is 392. The molecule has 20 heavy (non-hydrogen) atoms. The number of rotatable bonds is 9. The van der Waals surface area contributed by atoms with Crippen molar-refractivity contribution in [3.05, 3.63) is 34.3 Å². The Balaban J connectivity index is 2.09. The first kappa shape index (κ1) is 17.2. The third-order valence-electron chi connectivity index (χ3n) is 3.18. The van der Waals surface area contributed by atoms with Crippen molar-refractivity contribution in [2.75, 3.05) is 13.2 Å². The summed E-state index contributed by atoms with van der Waals surface area (Å²) in [4.78, 5) is 11.2. The fourth-order valence-corrected chi connectivity index (χ4v) is 2.26. The zero-order valence-electron chi connectivity index (χ0n) is 12.3. The molecule has 0 fully saturated rings. The van der Waals surface area contributed by atoms with Crippen LogP contribution >= 0.6 is 15.9 Å². The van der Waals surface area contributed by atoms with Crippen LogP contribution in [0.3, 0.4) is 0 Å². The number of hydrogen-bond donors (Lipinski definition) is 1. The molecule has 0 bridgehead atoms. The van der Waals surface area contributed by atoms with E-state index in [0.29, 0.717) is 19.1 Å². The molecule has 1 aromatic rings. The summed E-state index contributed by atoms with van der Waals surface area (Å²) in [7, 11) is 0. The molecule has 0 aliphatic heterocycles. The third kappa shape index (κ3) is 7.06. The lowest BCUT2D eigenvalue weighted by molar-refractivity contribution is -0.143. The molecule has 0 saturated heterocycles. The maximum absolute atomic E-state index is 11.2. The highest BCUT2D eigenvalue weighted by molar-refractivity contribution is 9.10. The van der Waals surface area contributed by atoms with Crippen molar-refractivity contribution in [1.29, 1.82) is 0 Å². The predicted octanol–water partition coefficient (Wildman–Crippen LogP) is 4.22. The maximum Gasteiger partial charge on any atom is 0.305 e. The van der Waals surface area contributed by atoms with Crippen LogP contribution in [0.5, 0.6) is 0 Å². The first-order valence-electron chi connectivity index (χ1n) is 7.28. The van der Waals surface area contributed by atoms with E-state index in [1.807, 2.05) is 6.92 Å². The molecule has 0 saturated carbocycles. The summed E-state index contributed by atoms with van der Waals surface area (Å²) in [5.74, 6) is -0.0799. The number of halogens is 1. The van der Waals surface area contributed by atoms with E-state index in [4.69, 9.17) is 4.74 Å². The SMILES string of the molecule is CCOC(=O)CCCCCNC(C)c1ccc(Br)cc1. The molecule has 0 amide bonds. The molecule has 0 aromatic heterocycles. The lowest BCUT2D eigenvalue weighted by Gasteiger charge is -2.14. The lowest BCUT2D eigenvalue weighted by Crippen LogP contribution is -2.19. The summed E-state index contributed by atoms with van der Waals surface area (Å²) < 4.78 is 6.00. The lowest BCUT2D eigenvalue weighted by atomic mass is 10.1. The second-order valence-corrected chi connectivity index (χ2v) is 5.76. The topological polar surface area (TPSA) is 38.3 Å². The molecule has 0 aliphatic carbocycles. The van der Waals surface area contributed by atoms with Gasteiger partial charge in [0.2, 0.25) is 0 Å². The van der Waals surface area contributed by atoms with Gasteiger partial charge >= 0.3 is 5.97 Å². The summed E-state index contributed by atoms with van der Waals surface area (Å²) in [6.45, 7) is 5.46. The van der Waals surface area contributed by atoms with Crippen molar-refractivity contribution < 1.29 is 9.53 Å². The molecule has 0 spiro atoms. The zero-order valence-corrected chi connectivity index (χ0v) is 13.9. The van der Waals surface area contributed by atoms with E-state index in [1.165, 1.54) is 5.56 Å². The van der Waals surface area contributed by atoms with Crippen molar-refractivity contribution in [2.24, 2.45) is 0 Å². The average Bonchev–Trinajstić information content (AvgIpc) is 2.43. The van der Waals surface area contributed by atoms with Gasteiger partial charge in [-0.3, -0.25) is 4.79 Å². The number of benzene rings is 1. The van der Waals surface area contributed by atoms with Crippen LogP contribution in [-0.4, -0.2) is 19.1 Å². The summed E-state index contributed by atoms with van der Waals surface area (Å²) in [5.41, 5.74) is 1.29. The molecule has 1 aromatic carbocycles. The normalized spacial score (nSPS) is 12.2. The Morgan fingerprint density at radius 2 is 1.95 bits per heavy atom. The van der Waals surface area contributed by atoms with E-state index in [-0.39, 0.29) is 5.97 Å². The van der Waals surface area contributed by atoms with Crippen LogP contribution in [-0.2, 0) is 9.53 Å². The van der Waals surface area contributed by atoms with Gasteiger partial charge in [0.25, 0.3) is 0 Å². The highest BCUT2D eigenvalue weighted by Crippen LogP contribution is 2.16. The molecular weight excluding hydrogens is 318 g/mol. The average molecular weight is 342 g/mol. The van der Waals surface area contributed by atoms with E-state index in [1.54, 1.807) is 0 Å². The van der Waals surface area contributed by atoms with Gasteiger partial charge in [0.15, 0.2) is 0 Å². The summed E-state index contributed by atoms with van der Waals surface area (Å²) in [5, 5.41) is 3.50. The minimum atomic E-state index is -0.0799. The van der Waals surface area contributed by atoms with Crippen LogP contribution in [0.1, 0.15) is 51.1 Å². The van der Waals surface area contributed by atoms with Crippen LogP contribution < -0.4 is 5.32 Å². The molecule has 1 N–H and O–H groups in total. The van der Waals surface area contributed by atoms with Crippen molar-refractivity contribution >= 4 is 21.9 Å². The van der Waals surface area contributed by atoms with Gasteiger partial charge in [-0.05, 0) is 50.9 Å². The molecule has 1 unspecified atom stereocenters. The Kier molecular flexibility index (Phi) is 8.54. The first-order chi connectivity index (χ1) is 9.63. The smallest absolute Gasteiger partial charge is 0.305 e. The van der Waals surface area contributed by atoms with Gasteiger partial charge in [-0.15, -0.1) is 0 Å². The van der Waals surface area contributed by atoms with Crippen molar-refractivity contribution in [2.45, 2.75) is 45.6 Å². The van der Waals surface area contributed by atoms with Crippen LogP contribution in [0.25, 0.3) is 0 Å². The van der Waals surface area contributed by atoms with Gasteiger partial charge in [0.1, 0.15) is 0 Å². The quantitative estimate of drug-likeness (QED) is 0.539. The number of carbonyl (C=O) groups excluding carboxylic acids is 1. The van der Waals surface area contributed by atoms with E-state index >= 15 is 0 Å². The molecule has 0 heterocycles. The number of nitrogens with one attached hydrogen (secondary N) is 1. The van der Waals surface area contributed by atoms with Gasteiger partial charge in [-0.2, -0.15) is 0 Å². The zero-order chi connectivity index (χ0) is 14.8. The molecule has 1 atom stereocenters. The van der Waals surface area contributed by atoms with Crippen LogP contribution in [0, 0.1) is 0 Å². The first-order valence-corrected chi connectivity index (χ1v) is 8.07. The van der Waals surface area contributed by atoms with Crippen LogP contribution in [0.15, 0.2) is 28.7 Å². The fourth-order valence-electron chi connectivity index (χ4n) is 1.99. The van der Waals surface area contributed by atoms with Gasteiger partial charge in [0, 0.05) is 16.9 Å². The van der Waals surface area contributed by atoms with Crippen molar-refractivity contribution in [3.63, 3.8) is 0 Å². The monoisotopic (exact) mass is 341 g/mol. The molecule has 0 radical (unpaired) electrons. The van der Waals surface area contributed by atoms with Crippen LogP contribution in [0.4, 0.5) is 0 Å². The Labute approximate surface area is 130 Å². The molecule has 0 aliphatic rings. The Morgan fingerprint density at radius 1 is 1.25 bits per heavy atom. The number of esters is 1. The second kappa shape index (κ2) is 9.94. The fraction of sp³-hybridized carbons (Fsp3) is 0.562. The predicted molar refractivity (Wildman–Crippen MR) is 85.7 cm³/mol. The standard InChI is InChI=1S/C16H24BrNO2/c1-3-20-16(19)7-5-4-6-12-18-13(2)14-8-10-15(17)11-9-14/h8-11,13,18H,3-7,12H2,1-2H3. The highest BCUT2D eigenvalue weighted by atomic mass is 79.9. The van der Waals surface area contributed by atoms with E-state index < -0.39 is 0 Å². The van der Waals surface area contributed by atoms with Crippen molar-refractivity contribution in [3.8, 4) is 0 Å². The number of hydrogen-bond acceptors (Lipinski definition) is 3. The van der Waals surface area contributed by atoms with Crippen LogP contribution in [0.2, 0.25) is 0 Å². The minimum Gasteiger partial charge on any atom is -0.466 e. The van der Waals surface area contributed by atoms with E-state index in [9.17, 15) is 4.79 Å². The maximum atomic E-state index is 11.2. The van der Waals surface area contributed by atoms with Gasteiger partial charge in [-0.25, -0.2) is 0 Å². The molecular formula is C16H24BrNO2. The summed E-state index contributed by atoms with van der Waals surface area (Å²) in [6, 6.07) is 8.73. The third-order valence-corrected chi connectivity index (χ3v) is 3.71. The highest BCUT2D eigenvalue weighted by Gasteiger charge is 2.04. The number of unbranched alkanes of at least 4 members (excludes halogenated alkanes) is 2. The van der Waals surface area contributed by atoms with Gasteiger partial charge in [-0.1, -0.05) is 34.5 Å². The Morgan fingerprint density at radius 3 is 2.60 bits per heavy atom. The minimum absolute atomic E-state index is 0.0799. The second-order valence-electron chi connectivity index (χ2n) is 4.84. The van der Waals surface area contributed by atoms with Crippen molar-refractivity contribution in [1.82, 2.24) is 5.32 Å². The molecule has 112 valence electrons. The Hall–Kier alpha value is -0.870. The molecule has 1 rings (SSSR count).